The van der Waals surface area contributed by atoms with E-state index in [1.54, 1.807) is 0 Å². The monoisotopic (exact) mass is 1920 g/mol. The highest BCUT2D eigenvalue weighted by Crippen LogP contribution is 2.52. The van der Waals surface area contributed by atoms with Crippen LogP contribution >= 0.6 is 0 Å². The van der Waals surface area contributed by atoms with E-state index in [1.807, 2.05) is 0 Å². The van der Waals surface area contributed by atoms with Gasteiger partial charge in [0, 0.05) is 102 Å². The summed E-state index contributed by atoms with van der Waals surface area (Å²) in [5, 5.41) is 0. The molecule has 0 amide bonds. The molecular formula is C134H159B3N6O2. The Morgan fingerprint density at radius 2 is 0.490 bits per heavy atom. The Morgan fingerprint density at radius 1 is 0.234 bits per heavy atom. The molecule has 746 valence electrons. The lowest BCUT2D eigenvalue weighted by atomic mass is 9.33. The Balaban J connectivity index is 0.000000192. The van der Waals surface area contributed by atoms with Gasteiger partial charge in [-0.3, -0.25) is 0 Å². The summed E-state index contributed by atoms with van der Waals surface area (Å²) in [6.45, 7) is 68.4. The molecule has 5 aliphatic heterocycles. The van der Waals surface area contributed by atoms with Crippen LogP contribution in [0.2, 0.25) is 0 Å². The van der Waals surface area contributed by atoms with Crippen molar-refractivity contribution >= 4 is 161 Å². The number of hydrogen-bond donors (Lipinski definition) is 0. The van der Waals surface area contributed by atoms with E-state index >= 15 is 0 Å². The highest BCUT2D eigenvalue weighted by atomic mass is 16.7. The summed E-state index contributed by atoms with van der Waals surface area (Å²) < 4.78 is 14.0. The van der Waals surface area contributed by atoms with Gasteiger partial charge in [-0.25, -0.2) is 0 Å². The number of anilines is 18. The van der Waals surface area contributed by atoms with E-state index in [4.69, 9.17) is 9.31 Å². The van der Waals surface area contributed by atoms with Gasteiger partial charge >= 0.3 is 7.12 Å². The molecule has 5 heterocycles. The van der Waals surface area contributed by atoms with Gasteiger partial charge in [0.05, 0.1) is 11.2 Å². The third-order valence-corrected chi connectivity index (χ3v) is 31.8. The molecule has 0 saturated carbocycles. The summed E-state index contributed by atoms with van der Waals surface area (Å²) in [5.74, 6) is 0. The van der Waals surface area contributed by atoms with Gasteiger partial charge in [0.15, 0.2) is 0 Å². The van der Waals surface area contributed by atoms with E-state index in [2.05, 4.69) is 534 Å². The fraction of sp³-hybridized carbons (Fsp3) is 0.373. The molecule has 0 aliphatic carbocycles. The zero-order valence-corrected chi connectivity index (χ0v) is 93.1. The molecule has 14 aromatic rings. The Kier molecular flexibility index (Phi) is 27.7. The minimum atomic E-state index is -0.586. The molecule has 14 aromatic carbocycles. The van der Waals surface area contributed by atoms with Crippen molar-refractivity contribution in [3.63, 3.8) is 0 Å². The largest absolute Gasteiger partial charge is 0.494 e. The van der Waals surface area contributed by atoms with Crippen molar-refractivity contribution in [2.75, 3.05) is 29.4 Å². The molecule has 0 radical (unpaired) electrons. The summed E-state index contributed by atoms with van der Waals surface area (Å²) in [5.41, 5.74) is 42.2. The smallest absolute Gasteiger partial charge is 0.399 e. The molecule has 0 bridgehead atoms. The molecule has 11 heteroatoms. The maximum atomic E-state index is 7.02. The second-order valence-corrected chi connectivity index (χ2v) is 51.4. The van der Waals surface area contributed by atoms with Crippen molar-refractivity contribution in [1.82, 2.24) is 0 Å². The van der Waals surface area contributed by atoms with Gasteiger partial charge < -0.3 is 38.7 Å². The SMILES string of the molecule is CCCCCCc1ccc(N2c3cc(N(c4ccc(C(C)(C)C)cc4)c4ccc(C(C)(C)C)cc4)ccc3B3c4cc(C(C)(C)C)ccc4N(c4ccc(C(C)(C)C)cc4)c4cc(B5OC(C)(C)C(C)(C)O5)cc2c43)cc1.CCCCCCc1ccc(N2c3cc(N(c4ccc(C(C)(C)C)cc4)c4ccc(C(C)(C)C)cc4)ccc3B3c4cc(C(C)(C)C)ccc4N(c4ccc(C(C)(C)C)cc4)c4cccc2c43)cc1. The van der Waals surface area contributed by atoms with Crippen LogP contribution in [0.5, 0.6) is 0 Å². The van der Waals surface area contributed by atoms with Crippen molar-refractivity contribution in [1.29, 1.82) is 0 Å². The number of fused-ring (bicyclic) bond motifs is 8. The molecular weight excluding hydrogens is 1760 g/mol. The average Bonchev–Trinajstić information content (AvgIpc) is 1.09. The average molecular weight is 1920 g/mol. The van der Waals surface area contributed by atoms with Gasteiger partial charge in [0.25, 0.3) is 13.4 Å². The molecule has 0 atom stereocenters. The summed E-state index contributed by atoms with van der Waals surface area (Å²) in [6, 6.07) is 115. The minimum Gasteiger partial charge on any atom is -0.399 e. The maximum absolute atomic E-state index is 7.02. The number of hydrogen-bond acceptors (Lipinski definition) is 8. The Labute approximate surface area is 873 Å². The molecule has 8 nitrogen and oxygen atoms in total. The van der Waals surface area contributed by atoms with Crippen molar-refractivity contribution in [2.45, 2.75) is 326 Å². The first kappa shape index (κ1) is 103. The van der Waals surface area contributed by atoms with Crippen LogP contribution in [0.3, 0.4) is 0 Å². The fourth-order valence-corrected chi connectivity index (χ4v) is 22.1. The molecule has 5 aliphatic rings. The number of nitrogens with zero attached hydrogens (tertiary/aromatic N) is 6. The van der Waals surface area contributed by atoms with E-state index in [9.17, 15) is 0 Å². The van der Waals surface area contributed by atoms with E-state index in [1.165, 1.54) is 180 Å². The lowest BCUT2D eigenvalue weighted by molar-refractivity contribution is 0.00578. The number of unbranched alkanes of at least 4 members (excludes halogenated alkanes) is 6. The van der Waals surface area contributed by atoms with Crippen LogP contribution in [0.1, 0.15) is 315 Å². The van der Waals surface area contributed by atoms with Gasteiger partial charge in [0.1, 0.15) is 0 Å². The van der Waals surface area contributed by atoms with E-state index < -0.39 is 18.3 Å². The molecule has 0 aromatic heterocycles. The van der Waals surface area contributed by atoms with Crippen molar-refractivity contribution in [2.24, 2.45) is 0 Å². The first-order valence-electron chi connectivity index (χ1n) is 54.2. The van der Waals surface area contributed by atoms with Crippen molar-refractivity contribution in [3.8, 4) is 0 Å². The summed E-state index contributed by atoms with van der Waals surface area (Å²) >= 11 is 0. The standard InChI is InChI=1S/C70H85B2N3O2.C64H74BN3/c1-18-19-20-21-22-47-23-32-55(33-24-47)75-61-46-57(73(53-34-25-48(26-35-53)65(2,3)4)54-36-27-49(28-37-54)66(5,6)7)40-41-58(61)71-59-43-51(68(11,12)13)31-42-60(59)74(56-38-29-50(30-39-56)67(8,9)10)62-44-52(45-63(75)64(62)71)72-76-69(14,15)70(16,17)77-72;1-14-15-16-17-19-44-22-31-51(32-23-44)68-58-21-18-20-57-60(58)65(55-42-48(64(11,12)13)30-41-56(55)67(57)52-37-28-47(29-38-52)63(8,9)10)54-40-39-53(43-59(54)68)66(49-33-24-45(25-34-49)61(2,3)4)50-35-26-46(27-36-50)62(5,6)7/h23-46H,18-22H2,1-17H3;18,20-43H,14-17,19H2,1-13H3. The second kappa shape index (κ2) is 39.0. The third kappa shape index (κ3) is 20.6. The quantitative estimate of drug-likeness (QED) is 0.0521. The Hall–Kier alpha value is -12.0. The van der Waals surface area contributed by atoms with Gasteiger partial charge in [0.2, 0.25) is 0 Å². The van der Waals surface area contributed by atoms with Crippen LogP contribution in [0.4, 0.5) is 102 Å². The number of rotatable bonds is 21. The second-order valence-electron chi connectivity index (χ2n) is 51.4. The Bertz CT molecular complexity index is 6890. The van der Waals surface area contributed by atoms with E-state index in [0.29, 0.717) is 0 Å². The molecule has 1 saturated heterocycles. The van der Waals surface area contributed by atoms with Gasteiger partial charge in [-0.1, -0.05) is 358 Å². The van der Waals surface area contributed by atoms with Crippen LogP contribution in [-0.2, 0) is 65.5 Å². The summed E-state index contributed by atoms with van der Waals surface area (Å²) in [4.78, 5) is 15.1. The van der Waals surface area contributed by atoms with E-state index in [0.717, 1.165) is 80.9 Å². The lowest BCUT2D eigenvalue weighted by Crippen LogP contribution is -2.62. The Morgan fingerprint density at radius 3 is 0.786 bits per heavy atom. The maximum Gasteiger partial charge on any atom is 0.494 e. The zero-order chi connectivity index (χ0) is 104. The van der Waals surface area contributed by atoms with Gasteiger partial charge in [-0.05, 0) is 348 Å². The first-order chi connectivity index (χ1) is 68.4. The number of benzene rings is 14. The number of aryl methyl sites for hydroxylation is 2. The van der Waals surface area contributed by atoms with Gasteiger partial charge in [-0.15, -0.1) is 0 Å². The van der Waals surface area contributed by atoms with Crippen LogP contribution < -0.4 is 67.6 Å². The van der Waals surface area contributed by atoms with Crippen LogP contribution in [-0.4, -0.2) is 31.7 Å². The summed E-state index contributed by atoms with van der Waals surface area (Å²) in [7, 11) is -0.586. The van der Waals surface area contributed by atoms with Crippen LogP contribution in [0, 0.1) is 0 Å². The van der Waals surface area contributed by atoms with Crippen LogP contribution in [0.25, 0.3) is 0 Å². The van der Waals surface area contributed by atoms with E-state index in [-0.39, 0.29) is 56.7 Å². The third-order valence-electron chi connectivity index (χ3n) is 31.8. The molecule has 1 fully saturated rings. The topological polar surface area (TPSA) is 37.9 Å². The van der Waals surface area contributed by atoms with Crippen LogP contribution in [0.15, 0.2) is 297 Å². The molecule has 19 rings (SSSR count). The molecule has 145 heavy (non-hydrogen) atoms. The zero-order valence-electron chi connectivity index (χ0n) is 93.1. The van der Waals surface area contributed by atoms with Crippen molar-refractivity contribution < 1.29 is 9.31 Å². The van der Waals surface area contributed by atoms with Gasteiger partial charge in [-0.2, -0.15) is 0 Å². The first-order valence-corrected chi connectivity index (χ1v) is 54.2. The lowest BCUT2D eigenvalue weighted by Gasteiger charge is -2.45. The molecule has 0 spiro atoms. The predicted molar refractivity (Wildman–Crippen MR) is 631 cm³/mol. The highest BCUT2D eigenvalue weighted by molar-refractivity contribution is 7.01. The highest BCUT2D eigenvalue weighted by Gasteiger charge is 2.54. The predicted octanol–water partition coefficient (Wildman–Crippen LogP) is 33.4. The van der Waals surface area contributed by atoms with Crippen molar-refractivity contribution in [3.05, 3.63) is 353 Å². The fourth-order valence-electron chi connectivity index (χ4n) is 22.1. The molecule has 0 N–H and O–H groups in total. The normalized spacial score (nSPS) is 14.8. The minimum absolute atomic E-state index is 0.0103. The summed E-state index contributed by atoms with van der Waals surface area (Å²) in [6.07, 6.45) is 12.2. The molecule has 0 unspecified atom stereocenters.